The quantitative estimate of drug-likeness (QED) is 0.840. The summed E-state index contributed by atoms with van der Waals surface area (Å²) in [5.41, 5.74) is 1.22. The van der Waals surface area contributed by atoms with Gasteiger partial charge in [0.25, 0.3) is 5.91 Å². The topological polar surface area (TPSA) is 89.4 Å². The molecule has 1 atom stereocenters. The highest BCUT2D eigenvalue weighted by atomic mass is 32.1. The molecule has 2 aliphatic heterocycles. The van der Waals surface area contributed by atoms with Crippen molar-refractivity contribution in [1.82, 2.24) is 25.2 Å². The Morgan fingerprint density at radius 3 is 2.89 bits per heavy atom. The number of carbonyl (C=O) groups is 2. The molecule has 0 aliphatic carbocycles. The molecule has 9 heteroatoms. The summed E-state index contributed by atoms with van der Waals surface area (Å²) >= 11 is 1.53. The number of ether oxygens (including phenoxy) is 1. The van der Waals surface area contributed by atoms with Gasteiger partial charge < -0.3 is 15.0 Å². The second-order valence-corrected chi connectivity index (χ2v) is 9.16. The van der Waals surface area contributed by atoms with E-state index in [0.717, 1.165) is 27.6 Å². The molecule has 150 valence electrons. The van der Waals surface area contributed by atoms with Crippen molar-refractivity contribution in [3.63, 3.8) is 0 Å². The van der Waals surface area contributed by atoms with Crippen LogP contribution in [0.3, 0.4) is 0 Å². The molecule has 1 spiro atoms. The van der Waals surface area contributed by atoms with Gasteiger partial charge in [0, 0.05) is 17.3 Å². The van der Waals surface area contributed by atoms with E-state index in [0.29, 0.717) is 32.8 Å². The second-order valence-electron chi connectivity index (χ2n) is 7.87. The van der Waals surface area contributed by atoms with Crippen LogP contribution >= 0.6 is 11.3 Å². The lowest BCUT2D eigenvalue weighted by Gasteiger charge is -2.33. The molecule has 28 heavy (non-hydrogen) atoms. The molecule has 2 amide bonds. The minimum atomic E-state index is -0.416. The average Bonchev–Trinajstić information content (AvgIpc) is 3.38. The Morgan fingerprint density at radius 1 is 1.36 bits per heavy atom. The number of amides is 2. The van der Waals surface area contributed by atoms with Crippen molar-refractivity contribution in [2.24, 2.45) is 5.92 Å². The molecule has 1 saturated heterocycles. The monoisotopic (exact) mass is 403 g/mol. The van der Waals surface area contributed by atoms with Crippen LogP contribution in [-0.2, 0) is 29.2 Å². The van der Waals surface area contributed by atoms with Gasteiger partial charge in [0.05, 0.1) is 36.8 Å². The van der Waals surface area contributed by atoms with Crippen molar-refractivity contribution in [1.29, 1.82) is 0 Å². The number of likely N-dealkylation sites (tertiary alicyclic amines) is 1. The first-order chi connectivity index (χ1) is 13.4. The standard InChI is InChI=1S/C19H25N5O3S/c1-12(2)17(25)20-8-14-15-9-27-19(11-24(15)22-21-14)6-7-23(10-19)18(26)16-5-4-13(3)28-16/h4-5,12H,6-11H2,1-3H3,(H,20,25). The largest absolute Gasteiger partial charge is 0.365 e. The Kier molecular flexibility index (Phi) is 4.96. The summed E-state index contributed by atoms with van der Waals surface area (Å²) in [7, 11) is 0. The number of hydrogen-bond donors (Lipinski definition) is 1. The van der Waals surface area contributed by atoms with Crippen molar-refractivity contribution in [3.8, 4) is 0 Å². The summed E-state index contributed by atoms with van der Waals surface area (Å²) in [6, 6.07) is 3.87. The molecule has 1 unspecified atom stereocenters. The van der Waals surface area contributed by atoms with Gasteiger partial charge in [-0.15, -0.1) is 16.4 Å². The van der Waals surface area contributed by atoms with E-state index >= 15 is 0 Å². The van der Waals surface area contributed by atoms with Crippen molar-refractivity contribution >= 4 is 23.2 Å². The number of rotatable bonds is 4. The zero-order chi connectivity index (χ0) is 19.9. The highest BCUT2D eigenvalue weighted by molar-refractivity contribution is 7.13. The van der Waals surface area contributed by atoms with E-state index in [1.54, 1.807) is 0 Å². The number of aromatic nitrogens is 3. The summed E-state index contributed by atoms with van der Waals surface area (Å²) in [5.74, 6) is -0.0104. The van der Waals surface area contributed by atoms with Crippen LogP contribution in [-0.4, -0.2) is 50.4 Å². The van der Waals surface area contributed by atoms with E-state index < -0.39 is 5.60 Å². The third kappa shape index (κ3) is 3.56. The number of aryl methyl sites for hydroxylation is 1. The molecule has 2 aliphatic rings. The predicted molar refractivity (Wildman–Crippen MR) is 104 cm³/mol. The van der Waals surface area contributed by atoms with E-state index in [9.17, 15) is 9.59 Å². The number of nitrogens with zero attached hydrogens (tertiary/aromatic N) is 4. The maximum Gasteiger partial charge on any atom is 0.264 e. The molecule has 2 aromatic rings. The van der Waals surface area contributed by atoms with Gasteiger partial charge in [0.1, 0.15) is 11.3 Å². The van der Waals surface area contributed by atoms with E-state index in [2.05, 4.69) is 15.6 Å². The van der Waals surface area contributed by atoms with E-state index in [4.69, 9.17) is 4.74 Å². The second kappa shape index (κ2) is 7.29. The molecule has 0 saturated carbocycles. The molecule has 4 heterocycles. The van der Waals surface area contributed by atoms with Crippen molar-refractivity contribution in [2.45, 2.75) is 52.5 Å². The summed E-state index contributed by atoms with van der Waals surface area (Å²) in [6.07, 6.45) is 0.780. The minimum absolute atomic E-state index is 0.0105. The molecule has 0 aromatic carbocycles. The number of carbonyl (C=O) groups excluding carboxylic acids is 2. The Hall–Kier alpha value is -2.26. The molecule has 0 radical (unpaired) electrons. The summed E-state index contributed by atoms with van der Waals surface area (Å²) in [5, 5.41) is 11.4. The van der Waals surface area contributed by atoms with E-state index in [1.807, 2.05) is 42.5 Å². The van der Waals surface area contributed by atoms with Gasteiger partial charge in [-0.2, -0.15) is 0 Å². The van der Waals surface area contributed by atoms with Crippen LogP contribution in [0.15, 0.2) is 12.1 Å². The molecule has 1 N–H and O–H groups in total. The van der Waals surface area contributed by atoms with E-state index in [1.165, 1.54) is 11.3 Å². The average molecular weight is 404 g/mol. The van der Waals surface area contributed by atoms with Gasteiger partial charge in [-0.05, 0) is 25.5 Å². The highest BCUT2D eigenvalue weighted by Crippen LogP contribution is 2.34. The van der Waals surface area contributed by atoms with Gasteiger partial charge in [-0.25, -0.2) is 4.68 Å². The zero-order valence-corrected chi connectivity index (χ0v) is 17.2. The van der Waals surface area contributed by atoms with Crippen LogP contribution in [0.25, 0.3) is 0 Å². The Labute approximate surface area is 167 Å². The van der Waals surface area contributed by atoms with Gasteiger partial charge in [-0.3, -0.25) is 9.59 Å². The first-order valence-corrected chi connectivity index (χ1v) is 10.4. The molecular weight excluding hydrogens is 378 g/mol. The van der Waals surface area contributed by atoms with Gasteiger partial charge in [0.15, 0.2) is 0 Å². The van der Waals surface area contributed by atoms with Crippen molar-refractivity contribution in [2.75, 3.05) is 13.1 Å². The van der Waals surface area contributed by atoms with Crippen molar-refractivity contribution in [3.05, 3.63) is 33.3 Å². The summed E-state index contributed by atoms with van der Waals surface area (Å²) < 4.78 is 8.09. The van der Waals surface area contributed by atoms with Crippen LogP contribution in [0.1, 0.15) is 46.2 Å². The molecule has 0 bridgehead atoms. The number of fused-ring (bicyclic) bond motifs is 1. The summed E-state index contributed by atoms with van der Waals surface area (Å²) in [6.45, 7) is 8.26. The summed E-state index contributed by atoms with van der Waals surface area (Å²) in [4.78, 5) is 28.3. The predicted octanol–water partition coefficient (Wildman–Crippen LogP) is 1.74. The maximum atomic E-state index is 12.7. The number of hydrogen-bond acceptors (Lipinski definition) is 6. The molecule has 1 fully saturated rings. The van der Waals surface area contributed by atoms with Crippen LogP contribution in [0, 0.1) is 12.8 Å². The third-order valence-electron chi connectivity index (χ3n) is 5.38. The lowest BCUT2D eigenvalue weighted by Crippen LogP contribution is -2.45. The Morgan fingerprint density at radius 2 is 2.18 bits per heavy atom. The van der Waals surface area contributed by atoms with Gasteiger partial charge >= 0.3 is 0 Å². The van der Waals surface area contributed by atoms with Gasteiger partial charge in [0.2, 0.25) is 5.91 Å². The van der Waals surface area contributed by atoms with Crippen LogP contribution in [0.2, 0.25) is 0 Å². The zero-order valence-electron chi connectivity index (χ0n) is 16.4. The van der Waals surface area contributed by atoms with Crippen LogP contribution < -0.4 is 5.32 Å². The fourth-order valence-electron chi connectivity index (χ4n) is 3.68. The smallest absolute Gasteiger partial charge is 0.264 e. The highest BCUT2D eigenvalue weighted by Gasteiger charge is 2.45. The molecular formula is C19H25N5O3S. The number of thiophene rings is 1. The fraction of sp³-hybridized carbons (Fsp3) is 0.579. The van der Waals surface area contributed by atoms with E-state index in [-0.39, 0.29) is 17.7 Å². The van der Waals surface area contributed by atoms with Gasteiger partial charge in [-0.1, -0.05) is 19.1 Å². The lowest BCUT2D eigenvalue weighted by molar-refractivity contribution is -0.124. The molecule has 4 rings (SSSR count). The molecule has 2 aromatic heterocycles. The normalized spacial score (nSPS) is 21.4. The first kappa shape index (κ1) is 19.1. The van der Waals surface area contributed by atoms with Crippen molar-refractivity contribution < 1.29 is 14.3 Å². The Bertz CT molecular complexity index is 905. The number of nitrogens with one attached hydrogen (secondary N) is 1. The minimum Gasteiger partial charge on any atom is -0.365 e. The SMILES string of the molecule is Cc1ccc(C(=O)N2CCC3(C2)Cn2nnc(CNC(=O)C(C)C)c2CO3)s1. The lowest BCUT2D eigenvalue weighted by atomic mass is 10.0. The fourth-order valence-corrected chi connectivity index (χ4v) is 4.51. The molecule has 8 nitrogen and oxygen atoms in total. The first-order valence-electron chi connectivity index (χ1n) is 9.55. The maximum absolute atomic E-state index is 12.7. The van der Waals surface area contributed by atoms with Crippen LogP contribution in [0.4, 0.5) is 0 Å². The third-order valence-corrected chi connectivity index (χ3v) is 6.37. The van der Waals surface area contributed by atoms with Crippen LogP contribution in [0.5, 0.6) is 0 Å². The Balaban J connectivity index is 1.42.